The summed E-state index contributed by atoms with van der Waals surface area (Å²) in [5.41, 5.74) is 7.80. The van der Waals surface area contributed by atoms with E-state index in [1.165, 1.54) is 10.8 Å². The summed E-state index contributed by atoms with van der Waals surface area (Å²) in [6.45, 7) is 0. The van der Waals surface area contributed by atoms with Gasteiger partial charge >= 0.3 is 0 Å². The highest BCUT2D eigenvalue weighted by Gasteiger charge is 2.24. The highest BCUT2D eigenvalue weighted by molar-refractivity contribution is 6.24. The molecule has 0 unspecified atom stereocenters. The maximum Gasteiger partial charge on any atom is 0.238 e. The number of hydrogen-bond acceptors (Lipinski definition) is 4. The molecule has 0 amide bonds. The van der Waals surface area contributed by atoms with E-state index < -0.39 is 0 Å². The summed E-state index contributed by atoms with van der Waals surface area (Å²) >= 11 is 0. The van der Waals surface area contributed by atoms with Gasteiger partial charge in [0.25, 0.3) is 0 Å². The summed E-state index contributed by atoms with van der Waals surface area (Å²) in [7, 11) is 0. The summed E-state index contributed by atoms with van der Waals surface area (Å²) in [4.78, 5) is 16.5. The number of nitrogens with zero attached hydrogens (tertiary/aromatic N) is 4. The minimum Gasteiger partial charge on any atom is -0.455 e. The highest BCUT2D eigenvalue weighted by Crippen LogP contribution is 2.43. The minimum atomic E-state index is 0.548. The van der Waals surface area contributed by atoms with E-state index in [0.717, 1.165) is 98.3 Å². The van der Waals surface area contributed by atoms with Crippen LogP contribution in [-0.2, 0) is 0 Å². The predicted molar refractivity (Wildman–Crippen MR) is 248 cm³/mol. The van der Waals surface area contributed by atoms with Crippen molar-refractivity contribution in [1.29, 1.82) is 0 Å². The van der Waals surface area contributed by atoms with Gasteiger partial charge in [0.2, 0.25) is 5.95 Å². The molecule has 0 fully saturated rings. The van der Waals surface area contributed by atoms with E-state index in [9.17, 15) is 0 Å². The number of fused-ring (bicyclic) bond motifs is 13. The Morgan fingerprint density at radius 1 is 0.350 bits per heavy atom. The Morgan fingerprint density at radius 3 is 1.63 bits per heavy atom. The fraction of sp³-hybridized carbons (Fsp3) is 0. The van der Waals surface area contributed by atoms with Crippen molar-refractivity contribution < 1.29 is 4.42 Å². The Labute approximate surface area is 343 Å². The Bertz CT molecular complexity index is 3820. The first-order valence-electron chi connectivity index (χ1n) is 20.3. The van der Waals surface area contributed by atoms with Crippen molar-refractivity contribution in [1.82, 2.24) is 19.5 Å². The van der Waals surface area contributed by atoms with Crippen LogP contribution in [0.25, 0.3) is 127 Å². The number of benzene rings is 10. The van der Waals surface area contributed by atoms with Crippen molar-refractivity contribution in [2.24, 2.45) is 0 Å². The number of aromatic nitrogens is 4. The maximum absolute atomic E-state index is 6.68. The summed E-state index contributed by atoms with van der Waals surface area (Å²) in [6.07, 6.45) is 0. The molecule has 3 aromatic heterocycles. The molecule has 0 spiro atoms. The van der Waals surface area contributed by atoms with E-state index >= 15 is 0 Å². The smallest absolute Gasteiger partial charge is 0.238 e. The van der Waals surface area contributed by atoms with Crippen LogP contribution in [-0.4, -0.2) is 19.5 Å². The van der Waals surface area contributed by atoms with Crippen molar-refractivity contribution >= 4 is 86.8 Å². The standard InChI is InChI=1S/C55H32N4O/c1-5-20-39-33(13-1)17-12-25-40(39)36-18-11-19-38(31-36)53-56-54(47-32-37-16-4-8-23-43(37)52-49(47)46-24-9-10-26-48(46)60-52)58-55(57-53)59-50-41-21-6-2-14-34(41)27-29-44(50)45-30-28-35-15-3-7-22-42(35)51(45)59/h1-32H. The van der Waals surface area contributed by atoms with Gasteiger partial charge in [-0.3, -0.25) is 4.57 Å². The van der Waals surface area contributed by atoms with E-state index in [4.69, 9.17) is 19.4 Å². The summed E-state index contributed by atoms with van der Waals surface area (Å²) in [5.74, 6) is 1.71. The van der Waals surface area contributed by atoms with Gasteiger partial charge < -0.3 is 4.42 Å². The second-order valence-electron chi connectivity index (χ2n) is 15.5. The van der Waals surface area contributed by atoms with Crippen LogP contribution in [0.4, 0.5) is 0 Å². The molecule has 0 N–H and O–H groups in total. The molecule has 5 nitrogen and oxygen atoms in total. The monoisotopic (exact) mass is 764 g/mol. The van der Waals surface area contributed by atoms with Crippen LogP contribution in [0, 0.1) is 0 Å². The van der Waals surface area contributed by atoms with Crippen LogP contribution in [0.15, 0.2) is 199 Å². The first-order chi connectivity index (χ1) is 29.7. The average Bonchev–Trinajstić information content (AvgIpc) is 3.88. The Morgan fingerprint density at radius 2 is 0.900 bits per heavy atom. The van der Waals surface area contributed by atoms with Crippen LogP contribution in [0.2, 0.25) is 0 Å². The first-order valence-corrected chi connectivity index (χ1v) is 20.3. The Hall–Kier alpha value is -8.15. The third-order valence-corrected chi connectivity index (χ3v) is 12.2. The van der Waals surface area contributed by atoms with Crippen molar-refractivity contribution in [3.63, 3.8) is 0 Å². The van der Waals surface area contributed by atoms with Crippen molar-refractivity contribution in [2.75, 3.05) is 0 Å². The molecular formula is C55H32N4O. The topological polar surface area (TPSA) is 56.7 Å². The van der Waals surface area contributed by atoms with Crippen molar-refractivity contribution in [3.8, 4) is 39.9 Å². The molecule has 13 rings (SSSR count). The molecule has 0 saturated carbocycles. The van der Waals surface area contributed by atoms with Crippen LogP contribution in [0.3, 0.4) is 0 Å². The van der Waals surface area contributed by atoms with E-state index in [1.54, 1.807) is 0 Å². The lowest BCUT2D eigenvalue weighted by molar-refractivity contribution is 0.672. The first kappa shape index (κ1) is 32.9. The van der Waals surface area contributed by atoms with Gasteiger partial charge in [0.05, 0.1) is 11.0 Å². The molecular weight excluding hydrogens is 733 g/mol. The Kier molecular flexibility index (Phi) is 6.95. The number of hydrogen-bond donors (Lipinski definition) is 0. The molecule has 278 valence electrons. The molecule has 0 aliphatic rings. The van der Waals surface area contributed by atoms with Gasteiger partial charge in [-0.25, -0.2) is 4.98 Å². The molecule has 0 aliphatic heterocycles. The largest absolute Gasteiger partial charge is 0.455 e. The van der Waals surface area contributed by atoms with E-state index in [0.29, 0.717) is 17.6 Å². The molecule has 0 radical (unpaired) electrons. The summed E-state index contributed by atoms with van der Waals surface area (Å²) < 4.78 is 8.96. The molecule has 0 bridgehead atoms. The minimum absolute atomic E-state index is 0.548. The molecule has 10 aromatic carbocycles. The van der Waals surface area contributed by atoms with Gasteiger partial charge in [-0.1, -0.05) is 176 Å². The van der Waals surface area contributed by atoms with Crippen LogP contribution < -0.4 is 0 Å². The zero-order chi connectivity index (χ0) is 39.3. The fourth-order valence-electron chi connectivity index (χ4n) is 9.49. The fourth-order valence-corrected chi connectivity index (χ4v) is 9.49. The van der Waals surface area contributed by atoms with Crippen LogP contribution in [0.5, 0.6) is 0 Å². The number of rotatable bonds is 4. The van der Waals surface area contributed by atoms with Gasteiger partial charge in [-0.2, -0.15) is 9.97 Å². The molecule has 13 aromatic rings. The molecule has 0 aliphatic carbocycles. The number of furan rings is 1. The van der Waals surface area contributed by atoms with Gasteiger partial charge in [-0.05, 0) is 56.3 Å². The SMILES string of the molecule is c1cc(-c2nc(-c3cc4ccccc4c4oc5ccccc5c34)nc(-n3c4c5ccccc5ccc4c4ccc5ccccc5c43)n2)cc(-c2cccc3ccccc23)c1. The average molecular weight is 765 g/mol. The van der Waals surface area contributed by atoms with Gasteiger partial charge in [0.1, 0.15) is 11.2 Å². The number of para-hydroxylation sites is 1. The normalized spacial score (nSPS) is 12.0. The lowest BCUT2D eigenvalue weighted by atomic mass is 9.97. The van der Waals surface area contributed by atoms with Gasteiger partial charge in [0, 0.05) is 48.8 Å². The highest BCUT2D eigenvalue weighted by atomic mass is 16.3. The second kappa shape index (κ2) is 12.7. The molecule has 0 saturated heterocycles. The van der Waals surface area contributed by atoms with E-state index in [1.807, 2.05) is 12.1 Å². The molecule has 5 heteroatoms. The van der Waals surface area contributed by atoms with Crippen molar-refractivity contribution in [3.05, 3.63) is 194 Å². The van der Waals surface area contributed by atoms with Crippen molar-refractivity contribution in [2.45, 2.75) is 0 Å². The van der Waals surface area contributed by atoms with Crippen LogP contribution >= 0.6 is 0 Å². The second-order valence-corrected chi connectivity index (χ2v) is 15.5. The van der Waals surface area contributed by atoms with E-state index in [-0.39, 0.29) is 0 Å². The maximum atomic E-state index is 6.68. The lowest BCUT2D eigenvalue weighted by Gasteiger charge is -2.14. The summed E-state index contributed by atoms with van der Waals surface area (Å²) in [6, 6.07) is 68.6. The third-order valence-electron chi connectivity index (χ3n) is 12.2. The van der Waals surface area contributed by atoms with Gasteiger partial charge in [-0.15, -0.1) is 0 Å². The lowest BCUT2D eigenvalue weighted by Crippen LogP contribution is -2.07. The molecule has 0 atom stereocenters. The predicted octanol–water partition coefficient (Wildman–Crippen LogP) is 14.5. The molecule has 60 heavy (non-hydrogen) atoms. The molecule has 3 heterocycles. The zero-order valence-corrected chi connectivity index (χ0v) is 32.2. The summed E-state index contributed by atoms with van der Waals surface area (Å²) in [5, 5.41) is 13.3. The van der Waals surface area contributed by atoms with Crippen LogP contribution in [0.1, 0.15) is 0 Å². The zero-order valence-electron chi connectivity index (χ0n) is 32.2. The van der Waals surface area contributed by atoms with Gasteiger partial charge in [0.15, 0.2) is 11.6 Å². The quantitative estimate of drug-likeness (QED) is 0.179. The Balaban J connectivity index is 1.18. The third kappa shape index (κ3) is 4.84. The van der Waals surface area contributed by atoms with E-state index in [2.05, 4.69) is 187 Å².